The summed E-state index contributed by atoms with van der Waals surface area (Å²) in [7, 11) is 6.44. The maximum absolute atomic E-state index is 5.59. The fourth-order valence-electron chi connectivity index (χ4n) is 3.10. The molecule has 1 aromatic rings. The lowest BCUT2D eigenvalue weighted by Crippen LogP contribution is -2.46. The van der Waals surface area contributed by atoms with Gasteiger partial charge < -0.3 is 19.9 Å². The van der Waals surface area contributed by atoms with Gasteiger partial charge in [-0.25, -0.2) is 0 Å². The molecule has 1 aliphatic rings. The summed E-state index contributed by atoms with van der Waals surface area (Å²) >= 11 is 0. The maximum Gasteiger partial charge on any atom is 0.137 e. The van der Waals surface area contributed by atoms with Crippen LogP contribution in [-0.4, -0.2) is 68.2 Å². The Bertz CT molecular complexity index is 440. The van der Waals surface area contributed by atoms with Crippen LogP contribution < -0.4 is 10.1 Å². The summed E-state index contributed by atoms with van der Waals surface area (Å²) in [5.74, 6) is 0.847. The molecule has 5 heteroatoms. The minimum Gasteiger partial charge on any atom is -0.492 e. The molecule has 2 rings (SSSR count). The zero-order valence-electron chi connectivity index (χ0n) is 13.7. The lowest BCUT2D eigenvalue weighted by atomic mass is 9.99. The molecule has 1 N–H and O–H groups in total. The highest BCUT2D eigenvalue weighted by Crippen LogP contribution is 2.25. The van der Waals surface area contributed by atoms with E-state index in [4.69, 9.17) is 4.74 Å². The van der Waals surface area contributed by atoms with E-state index >= 15 is 0 Å². The lowest BCUT2D eigenvalue weighted by Gasteiger charge is -2.34. The predicted molar refractivity (Wildman–Crippen MR) is 85.7 cm³/mol. The van der Waals surface area contributed by atoms with Crippen LogP contribution in [0.3, 0.4) is 0 Å². The fourth-order valence-corrected chi connectivity index (χ4v) is 3.10. The topological polar surface area (TPSA) is 40.6 Å². The summed E-state index contributed by atoms with van der Waals surface area (Å²) < 4.78 is 5.59. The van der Waals surface area contributed by atoms with Crippen molar-refractivity contribution in [2.75, 3.05) is 47.4 Å². The van der Waals surface area contributed by atoms with Crippen LogP contribution in [0.15, 0.2) is 18.5 Å². The Morgan fingerprint density at radius 1 is 1.38 bits per heavy atom. The van der Waals surface area contributed by atoms with Crippen LogP contribution in [0.5, 0.6) is 5.75 Å². The molecule has 2 heterocycles. The second kappa shape index (κ2) is 7.73. The zero-order chi connectivity index (χ0) is 15.2. The summed E-state index contributed by atoms with van der Waals surface area (Å²) in [6.45, 7) is 6.01. The molecule has 0 aromatic carbocycles. The van der Waals surface area contributed by atoms with Gasteiger partial charge in [-0.15, -0.1) is 0 Å². The van der Waals surface area contributed by atoms with Gasteiger partial charge in [0.2, 0.25) is 0 Å². The van der Waals surface area contributed by atoms with Gasteiger partial charge in [0.05, 0.1) is 18.8 Å². The Labute approximate surface area is 128 Å². The smallest absolute Gasteiger partial charge is 0.137 e. The maximum atomic E-state index is 5.59. The Morgan fingerprint density at radius 3 is 2.90 bits per heavy atom. The minimum absolute atomic E-state index is 0.253. The van der Waals surface area contributed by atoms with E-state index in [9.17, 15) is 0 Å². The summed E-state index contributed by atoms with van der Waals surface area (Å²) in [6.07, 6.45) is 4.95. The van der Waals surface area contributed by atoms with Gasteiger partial charge in [-0.1, -0.05) is 0 Å². The number of nitrogens with one attached hydrogen (secondary N) is 1. The van der Waals surface area contributed by atoms with E-state index in [1.165, 1.54) is 12.0 Å². The van der Waals surface area contributed by atoms with E-state index in [1.54, 1.807) is 6.20 Å². The predicted octanol–water partition coefficient (Wildman–Crippen LogP) is 1.38. The first-order chi connectivity index (χ1) is 10.2. The molecule has 0 radical (unpaired) electrons. The largest absolute Gasteiger partial charge is 0.492 e. The molecule has 0 saturated carbocycles. The van der Waals surface area contributed by atoms with Crippen LogP contribution in [0.2, 0.25) is 0 Å². The van der Waals surface area contributed by atoms with Crippen molar-refractivity contribution in [2.45, 2.75) is 25.4 Å². The lowest BCUT2D eigenvalue weighted by molar-refractivity contribution is 0.182. The van der Waals surface area contributed by atoms with Crippen LogP contribution in [0, 0.1) is 0 Å². The number of aromatic nitrogens is 1. The molecule has 1 saturated heterocycles. The summed E-state index contributed by atoms with van der Waals surface area (Å²) in [5, 5.41) is 3.47. The zero-order valence-corrected chi connectivity index (χ0v) is 13.7. The second-order valence-electron chi connectivity index (χ2n) is 5.82. The highest BCUT2D eigenvalue weighted by atomic mass is 16.5. The van der Waals surface area contributed by atoms with Gasteiger partial charge in [-0.3, -0.25) is 4.98 Å². The van der Waals surface area contributed by atoms with Crippen LogP contribution in [-0.2, 0) is 0 Å². The molecule has 0 spiro atoms. The van der Waals surface area contributed by atoms with E-state index in [-0.39, 0.29) is 6.04 Å². The highest BCUT2D eigenvalue weighted by molar-refractivity contribution is 5.27. The Hall–Kier alpha value is -1.17. The van der Waals surface area contributed by atoms with E-state index in [0.29, 0.717) is 12.6 Å². The average molecular weight is 292 g/mol. The second-order valence-corrected chi connectivity index (χ2v) is 5.82. The molecule has 118 valence electrons. The fraction of sp³-hybridized carbons (Fsp3) is 0.688. The van der Waals surface area contributed by atoms with Gasteiger partial charge in [0.25, 0.3) is 0 Å². The third-order valence-electron chi connectivity index (χ3n) is 4.22. The summed E-state index contributed by atoms with van der Waals surface area (Å²) in [6, 6.07) is 2.79. The number of nitrogens with zero attached hydrogens (tertiary/aromatic N) is 3. The van der Waals surface area contributed by atoms with Gasteiger partial charge in [0, 0.05) is 18.8 Å². The van der Waals surface area contributed by atoms with E-state index in [2.05, 4.69) is 40.3 Å². The van der Waals surface area contributed by atoms with Crippen molar-refractivity contribution >= 4 is 0 Å². The monoisotopic (exact) mass is 292 g/mol. The summed E-state index contributed by atoms with van der Waals surface area (Å²) in [4.78, 5) is 9.21. The van der Waals surface area contributed by atoms with Crippen molar-refractivity contribution in [1.82, 2.24) is 20.1 Å². The number of hydrogen-bond donors (Lipinski definition) is 1. The first-order valence-electron chi connectivity index (χ1n) is 7.79. The SMILES string of the molecule is CCOc1cncc(C(NC)C2CN(C)CCCN2C)c1. The molecule has 0 bridgehead atoms. The standard InChI is InChI=1S/C16H28N4O/c1-5-21-14-9-13(10-18-11-14)16(17-2)15-12-19(3)7-6-8-20(15)4/h9-11,15-17H,5-8,12H2,1-4H3. The number of hydrogen-bond acceptors (Lipinski definition) is 5. The van der Waals surface area contributed by atoms with Crippen LogP contribution in [0.25, 0.3) is 0 Å². The van der Waals surface area contributed by atoms with Gasteiger partial charge >= 0.3 is 0 Å². The third-order valence-corrected chi connectivity index (χ3v) is 4.22. The summed E-state index contributed by atoms with van der Waals surface area (Å²) in [5.41, 5.74) is 1.19. The molecule has 1 aliphatic heterocycles. The van der Waals surface area contributed by atoms with E-state index in [1.807, 2.05) is 20.2 Å². The van der Waals surface area contributed by atoms with E-state index < -0.39 is 0 Å². The van der Waals surface area contributed by atoms with Crippen LogP contribution in [0.1, 0.15) is 24.9 Å². The average Bonchev–Trinajstić information content (AvgIpc) is 2.63. The normalized spacial score (nSPS) is 22.8. The van der Waals surface area contributed by atoms with Crippen LogP contribution >= 0.6 is 0 Å². The Balaban J connectivity index is 2.22. The molecular weight excluding hydrogens is 264 g/mol. The number of pyridine rings is 1. The molecule has 2 atom stereocenters. The number of ether oxygens (including phenoxy) is 1. The molecular formula is C16H28N4O. The molecule has 1 aromatic heterocycles. The molecule has 2 unspecified atom stereocenters. The molecule has 1 fully saturated rings. The Kier molecular flexibility index (Phi) is 5.96. The van der Waals surface area contributed by atoms with Crippen LogP contribution in [0.4, 0.5) is 0 Å². The third kappa shape index (κ3) is 4.15. The molecule has 21 heavy (non-hydrogen) atoms. The van der Waals surface area contributed by atoms with Gasteiger partial charge in [-0.05, 0) is 59.2 Å². The van der Waals surface area contributed by atoms with E-state index in [0.717, 1.165) is 25.4 Å². The van der Waals surface area contributed by atoms with Crippen molar-refractivity contribution in [3.63, 3.8) is 0 Å². The van der Waals surface area contributed by atoms with Gasteiger partial charge in [0.1, 0.15) is 5.75 Å². The molecule has 0 amide bonds. The minimum atomic E-state index is 0.253. The van der Waals surface area contributed by atoms with Gasteiger partial charge in [0.15, 0.2) is 0 Å². The quantitative estimate of drug-likeness (QED) is 0.888. The number of rotatable bonds is 5. The molecule has 0 aliphatic carbocycles. The highest BCUT2D eigenvalue weighted by Gasteiger charge is 2.29. The van der Waals surface area contributed by atoms with Gasteiger partial charge in [-0.2, -0.15) is 0 Å². The first-order valence-corrected chi connectivity index (χ1v) is 7.79. The van der Waals surface area contributed by atoms with Crippen molar-refractivity contribution < 1.29 is 4.74 Å². The van der Waals surface area contributed by atoms with Crippen molar-refractivity contribution in [2.24, 2.45) is 0 Å². The first kappa shape index (κ1) is 16.2. The molecule has 5 nitrogen and oxygen atoms in total. The van der Waals surface area contributed by atoms with Crippen molar-refractivity contribution in [3.05, 3.63) is 24.0 Å². The van der Waals surface area contributed by atoms with Crippen molar-refractivity contribution in [1.29, 1.82) is 0 Å². The Morgan fingerprint density at radius 2 is 2.19 bits per heavy atom. The van der Waals surface area contributed by atoms with Crippen molar-refractivity contribution in [3.8, 4) is 5.75 Å². The number of likely N-dealkylation sites (N-methyl/N-ethyl adjacent to an activating group) is 3.